The Labute approximate surface area is 224 Å². The van der Waals surface area contributed by atoms with Gasteiger partial charge in [0, 0.05) is 42.1 Å². The topological polar surface area (TPSA) is 63.2 Å². The number of nitrogens with zero attached hydrogens (tertiary/aromatic N) is 3. The minimum atomic E-state index is -0.320. The number of halogens is 1. The molecule has 0 unspecified atom stereocenters. The van der Waals surface area contributed by atoms with Gasteiger partial charge in [-0.1, -0.05) is 72.8 Å². The second-order valence-electron chi connectivity index (χ2n) is 10.3. The summed E-state index contributed by atoms with van der Waals surface area (Å²) in [6, 6.07) is 16.3. The van der Waals surface area contributed by atoms with Crippen molar-refractivity contribution in [2.24, 2.45) is 5.92 Å². The fraction of sp³-hybridized carbons (Fsp3) is 0.419. The Bertz CT molecular complexity index is 1250. The average Bonchev–Trinajstić information content (AvgIpc) is 3.23. The van der Waals surface area contributed by atoms with Crippen molar-refractivity contribution in [1.29, 1.82) is 0 Å². The van der Waals surface area contributed by atoms with Gasteiger partial charge in [-0.25, -0.2) is 9.97 Å². The number of carbonyl (C=O) groups excluding carboxylic acids is 2. The summed E-state index contributed by atoms with van der Waals surface area (Å²) in [5.41, 5.74) is 6.16. The lowest BCUT2D eigenvalue weighted by atomic mass is 9.97. The third-order valence-corrected chi connectivity index (χ3v) is 7.85. The number of anilines is 1. The molecular formula is C31H34ClN3O2. The lowest BCUT2D eigenvalue weighted by molar-refractivity contribution is -0.127. The molecule has 0 spiro atoms. The molecule has 0 saturated heterocycles. The molecule has 1 aromatic heterocycles. The lowest BCUT2D eigenvalue weighted by Crippen LogP contribution is -2.32. The van der Waals surface area contributed by atoms with Crippen LogP contribution in [0.1, 0.15) is 62.6 Å². The van der Waals surface area contributed by atoms with Gasteiger partial charge in [0.1, 0.15) is 11.6 Å². The lowest BCUT2D eigenvalue weighted by Gasteiger charge is -2.30. The number of rotatable bonds is 9. The number of fused-ring (bicyclic) bond motifs is 1. The van der Waals surface area contributed by atoms with Crippen LogP contribution < -0.4 is 4.90 Å². The molecule has 1 fully saturated rings. The van der Waals surface area contributed by atoms with Gasteiger partial charge in [0.05, 0.1) is 23.0 Å². The van der Waals surface area contributed by atoms with Crippen molar-refractivity contribution in [2.75, 3.05) is 18.0 Å². The Morgan fingerprint density at radius 2 is 1.43 bits per heavy atom. The molecule has 1 aliphatic carbocycles. The number of Topliss-reactive ketones (excluding diaryl/α,β-unsaturated/α-hetero) is 2. The molecule has 0 amide bonds. The molecule has 2 aromatic carbocycles. The second-order valence-corrected chi connectivity index (χ2v) is 10.8. The van der Waals surface area contributed by atoms with Crippen molar-refractivity contribution in [2.45, 2.75) is 64.7 Å². The summed E-state index contributed by atoms with van der Waals surface area (Å²) in [4.78, 5) is 36.5. The molecule has 6 heteroatoms. The third kappa shape index (κ3) is 5.93. The molecule has 0 N–H and O–H groups in total. The van der Waals surface area contributed by atoms with E-state index in [0.717, 1.165) is 92.1 Å². The molecule has 192 valence electrons. The molecule has 0 bridgehead atoms. The third-order valence-electron chi connectivity index (χ3n) is 7.60. The molecule has 2 aliphatic rings. The highest BCUT2D eigenvalue weighted by atomic mass is 35.5. The van der Waals surface area contributed by atoms with Gasteiger partial charge in [0.25, 0.3) is 0 Å². The summed E-state index contributed by atoms with van der Waals surface area (Å²) in [6.07, 6.45) is 7.76. The minimum Gasteiger partial charge on any atom is -0.355 e. The Hall–Kier alpha value is -3.05. The number of hydrogen-bond acceptors (Lipinski definition) is 5. The van der Waals surface area contributed by atoms with Crippen LogP contribution in [0.2, 0.25) is 5.02 Å². The maximum Gasteiger partial charge on any atom is 0.151 e. The Kier molecular flexibility index (Phi) is 7.99. The van der Waals surface area contributed by atoms with E-state index < -0.39 is 0 Å². The number of carbonyl (C=O) groups is 2. The van der Waals surface area contributed by atoms with E-state index in [2.05, 4.69) is 36.1 Å². The first kappa shape index (κ1) is 25.6. The van der Waals surface area contributed by atoms with E-state index in [1.54, 1.807) is 0 Å². The monoisotopic (exact) mass is 515 g/mol. The van der Waals surface area contributed by atoms with Crippen LogP contribution in [0.15, 0.2) is 48.5 Å². The molecule has 37 heavy (non-hydrogen) atoms. The molecule has 0 radical (unpaired) electrons. The van der Waals surface area contributed by atoms with Gasteiger partial charge in [0.15, 0.2) is 5.82 Å². The zero-order chi connectivity index (χ0) is 25.8. The van der Waals surface area contributed by atoms with Crippen LogP contribution in [0.5, 0.6) is 0 Å². The first-order valence-electron chi connectivity index (χ1n) is 13.5. The van der Waals surface area contributed by atoms with Crippen LogP contribution in [0, 0.1) is 12.8 Å². The highest BCUT2D eigenvalue weighted by molar-refractivity contribution is 6.30. The van der Waals surface area contributed by atoms with E-state index in [9.17, 15) is 9.59 Å². The van der Waals surface area contributed by atoms with E-state index in [-0.39, 0.29) is 17.5 Å². The molecular weight excluding hydrogens is 482 g/mol. The van der Waals surface area contributed by atoms with Crippen LogP contribution in [0.25, 0.3) is 22.5 Å². The smallest absolute Gasteiger partial charge is 0.151 e. The van der Waals surface area contributed by atoms with Crippen LogP contribution in [0.4, 0.5) is 5.82 Å². The molecule has 3 aromatic rings. The summed E-state index contributed by atoms with van der Waals surface area (Å²) in [5, 5.41) is 0.708. The molecule has 5 nitrogen and oxygen atoms in total. The molecule has 5 rings (SSSR count). The largest absolute Gasteiger partial charge is 0.355 e. The second kappa shape index (κ2) is 11.6. The van der Waals surface area contributed by atoms with Crippen molar-refractivity contribution in [1.82, 2.24) is 9.97 Å². The predicted octanol–water partition coefficient (Wildman–Crippen LogP) is 7.02. The maximum atomic E-state index is 11.9. The summed E-state index contributed by atoms with van der Waals surface area (Å²) in [7, 11) is 0. The number of aryl methyl sites for hydroxylation is 2. The molecule has 1 saturated carbocycles. The average molecular weight is 516 g/mol. The van der Waals surface area contributed by atoms with E-state index in [4.69, 9.17) is 21.6 Å². The summed E-state index contributed by atoms with van der Waals surface area (Å²) in [5.74, 6) is 0.979. The number of unbranched alkanes of at least 4 members (excludes halogenated alkanes) is 3. The van der Waals surface area contributed by atoms with E-state index in [1.807, 2.05) is 24.3 Å². The first-order chi connectivity index (χ1) is 18.0. The Morgan fingerprint density at radius 3 is 2.14 bits per heavy atom. The first-order valence-corrected chi connectivity index (χ1v) is 13.9. The van der Waals surface area contributed by atoms with Crippen LogP contribution in [-0.2, 0) is 16.0 Å². The van der Waals surface area contributed by atoms with Gasteiger partial charge < -0.3 is 4.90 Å². The van der Waals surface area contributed by atoms with Gasteiger partial charge in [0.2, 0.25) is 0 Å². The van der Waals surface area contributed by atoms with Gasteiger partial charge in [-0.2, -0.15) is 0 Å². The SMILES string of the molecule is Cc1ccc(-c2nc3c(nc2-c2ccc(Cl)cc2)CCCN3CCCCCCC2C(=O)CCC2=O)cc1. The van der Waals surface area contributed by atoms with Gasteiger partial charge >= 0.3 is 0 Å². The van der Waals surface area contributed by atoms with Gasteiger partial charge in [-0.3, -0.25) is 9.59 Å². The predicted molar refractivity (Wildman–Crippen MR) is 149 cm³/mol. The maximum absolute atomic E-state index is 11.9. The summed E-state index contributed by atoms with van der Waals surface area (Å²) >= 11 is 6.16. The molecule has 1 aliphatic heterocycles. The van der Waals surface area contributed by atoms with Crippen molar-refractivity contribution in [3.05, 3.63) is 64.8 Å². The van der Waals surface area contributed by atoms with Crippen LogP contribution in [-0.4, -0.2) is 34.6 Å². The van der Waals surface area contributed by atoms with Crippen molar-refractivity contribution in [3.8, 4) is 22.5 Å². The standard InChI is InChI=1S/C31H34ClN3O2/c1-21-9-11-22(12-10-21)30-29(23-13-15-24(32)16-14-23)33-26-8-6-20-35(31(26)34-30)19-5-3-2-4-7-25-27(36)17-18-28(25)37/h9-16,25H,2-8,17-20H2,1H3. The number of benzene rings is 2. The van der Waals surface area contributed by atoms with Crippen LogP contribution in [0.3, 0.4) is 0 Å². The highest BCUT2D eigenvalue weighted by Crippen LogP contribution is 2.35. The van der Waals surface area contributed by atoms with Crippen LogP contribution >= 0.6 is 11.6 Å². The zero-order valence-corrected chi connectivity index (χ0v) is 22.3. The van der Waals surface area contributed by atoms with Crippen molar-refractivity contribution < 1.29 is 9.59 Å². The fourth-order valence-corrected chi connectivity index (χ4v) is 5.59. The Balaban J connectivity index is 1.30. The molecule has 0 atom stereocenters. The summed E-state index contributed by atoms with van der Waals surface area (Å²) < 4.78 is 0. The fourth-order valence-electron chi connectivity index (χ4n) is 5.47. The highest BCUT2D eigenvalue weighted by Gasteiger charge is 2.31. The minimum absolute atomic E-state index is 0.149. The van der Waals surface area contributed by atoms with E-state index in [0.29, 0.717) is 17.9 Å². The van der Waals surface area contributed by atoms with Crippen molar-refractivity contribution >= 4 is 29.0 Å². The quantitative estimate of drug-likeness (QED) is 0.226. The van der Waals surface area contributed by atoms with Gasteiger partial charge in [-0.05, 0) is 44.7 Å². The summed E-state index contributed by atoms with van der Waals surface area (Å²) in [6.45, 7) is 4.02. The van der Waals surface area contributed by atoms with Gasteiger partial charge in [-0.15, -0.1) is 0 Å². The number of aromatic nitrogens is 2. The van der Waals surface area contributed by atoms with Crippen molar-refractivity contribution in [3.63, 3.8) is 0 Å². The number of hydrogen-bond donors (Lipinski definition) is 0. The number of ketones is 2. The zero-order valence-electron chi connectivity index (χ0n) is 21.5. The van der Waals surface area contributed by atoms with E-state index >= 15 is 0 Å². The van der Waals surface area contributed by atoms with E-state index in [1.165, 1.54) is 5.56 Å². The normalized spacial score (nSPS) is 15.9. The molecule has 2 heterocycles. The Morgan fingerprint density at radius 1 is 0.811 bits per heavy atom.